The molecule has 0 saturated carbocycles. The van der Waals surface area contributed by atoms with Gasteiger partial charge in [0.05, 0.1) is 23.6 Å². The van der Waals surface area contributed by atoms with E-state index in [1.165, 1.54) is 11.8 Å². The summed E-state index contributed by atoms with van der Waals surface area (Å²) in [5, 5.41) is 13.8. The van der Waals surface area contributed by atoms with Gasteiger partial charge in [0.25, 0.3) is 0 Å². The van der Waals surface area contributed by atoms with Crippen LogP contribution in [0.4, 0.5) is 5.82 Å². The molecule has 0 bridgehead atoms. The van der Waals surface area contributed by atoms with Gasteiger partial charge in [-0.15, -0.1) is 0 Å². The number of aliphatic hydroxyl groups is 1. The van der Waals surface area contributed by atoms with Gasteiger partial charge >= 0.3 is 4.87 Å². The molecule has 3 aromatic rings. The number of fused-ring (bicyclic) bond motifs is 1. The molecule has 156 valence electrons. The number of rotatable bonds is 9. The Morgan fingerprint density at radius 3 is 2.79 bits per heavy atom. The van der Waals surface area contributed by atoms with E-state index in [1.54, 1.807) is 6.20 Å². The molecule has 0 spiro atoms. The van der Waals surface area contributed by atoms with Gasteiger partial charge in [0.1, 0.15) is 4.70 Å². The van der Waals surface area contributed by atoms with E-state index >= 15 is 0 Å². The van der Waals surface area contributed by atoms with Crippen molar-refractivity contribution in [3.05, 3.63) is 39.3 Å². The topological polar surface area (TPSA) is 104 Å². The Hall–Kier alpha value is -1.97. The standard InChI is InChI=1S/C20H27N5O2S2/c1-5-14(15-12(4)7-6-8-21-15)28-19-23-17(22-13(10-26)9-11(2)3)16-18(24-19)25-20(27)29-16/h6-8,11,13-14,26H,5,9-10H2,1-4H3,(H2,22,23,24,25,27). The minimum atomic E-state index is -0.170. The number of aromatic amines is 1. The summed E-state index contributed by atoms with van der Waals surface area (Å²) in [5.41, 5.74) is 2.67. The summed E-state index contributed by atoms with van der Waals surface area (Å²) >= 11 is 2.62. The Balaban J connectivity index is 1.96. The van der Waals surface area contributed by atoms with Crippen molar-refractivity contribution in [3.8, 4) is 0 Å². The first-order valence-corrected chi connectivity index (χ1v) is 11.5. The van der Waals surface area contributed by atoms with Gasteiger partial charge in [-0.05, 0) is 37.3 Å². The molecule has 7 nitrogen and oxygen atoms in total. The van der Waals surface area contributed by atoms with Crippen molar-refractivity contribution in [1.82, 2.24) is 19.9 Å². The lowest BCUT2D eigenvalue weighted by molar-refractivity contribution is 0.259. The molecule has 0 aliphatic heterocycles. The monoisotopic (exact) mass is 433 g/mol. The quantitative estimate of drug-likeness (QED) is 0.344. The molecule has 9 heteroatoms. The fourth-order valence-electron chi connectivity index (χ4n) is 3.21. The number of H-pyrrole nitrogens is 1. The molecule has 3 N–H and O–H groups in total. The van der Waals surface area contributed by atoms with E-state index in [2.05, 4.69) is 54.0 Å². The van der Waals surface area contributed by atoms with Crippen LogP contribution in [-0.4, -0.2) is 37.7 Å². The van der Waals surface area contributed by atoms with Crippen LogP contribution in [-0.2, 0) is 0 Å². The van der Waals surface area contributed by atoms with Gasteiger partial charge < -0.3 is 10.4 Å². The van der Waals surface area contributed by atoms with E-state index in [-0.39, 0.29) is 22.8 Å². The predicted molar refractivity (Wildman–Crippen MR) is 120 cm³/mol. The zero-order chi connectivity index (χ0) is 21.0. The number of nitrogens with zero attached hydrogens (tertiary/aromatic N) is 3. The van der Waals surface area contributed by atoms with Crippen LogP contribution in [0.25, 0.3) is 10.3 Å². The van der Waals surface area contributed by atoms with Crippen molar-refractivity contribution in [2.45, 2.75) is 57.0 Å². The lowest BCUT2D eigenvalue weighted by Gasteiger charge is -2.20. The van der Waals surface area contributed by atoms with Crippen LogP contribution in [0.5, 0.6) is 0 Å². The second kappa shape index (κ2) is 9.69. The molecule has 0 aliphatic rings. The highest BCUT2D eigenvalue weighted by Crippen LogP contribution is 2.38. The van der Waals surface area contributed by atoms with E-state index < -0.39 is 0 Å². The number of thioether (sulfide) groups is 1. The Morgan fingerprint density at radius 2 is 2.14 bits per heavy atom. The van der Waals surface area contributed by atoms with Gasteiger partial charge in [-0.3, -0.25) is 14.8 Å². The van der Waals surface area contributed by atoms with Gasteiger partial charge in [0.15, 0.2) is 16.6 Å². The first kappa shape index (κ1) is 21.7. The summed E-state index contributed by atoms with van der Waals surface area (Å²) < 4.78 is 0.684. The Morgan fingerprint density at radius 1 is 1.34 bits per heavy atom. The third-order valence-electron chi connectivity index (χ3n) is 4.55. The van der Waals surface area contributed by atoms with Crippen molar-refractivity contribution in [1.29, 1.82) is 0 Å². The minimum Gasteiger partial charge on any atom is -0.394 e. The number of nitrogens with one attached hydrogen (secondary N) is 2. The van der Waals surface area contributed by atoms with Crippen molar-refractivity contribution < 1.29 is 5.11 Å². The molecule has 0 aromatic carbocycles. The zero-order valence-corrected chi connectivity index (χ0v) is 18.7. The molecule has 0 radical (unpaired) electrons. The molecular formula is C20H27N5O2S2. The van der Waals surface area contributed by atoms with Crippen LogP contribution < -0.4 is 10.2 Å². The summed E-state index contributed by atoms with van der Waals surface area (Å²) in [4.78, 5) is 28.4. The van der Waals surface area contributed by atoms with E-state index in [9.17, 15) is 9.90 Å². The van der Waals surface area contributed by atoms with E-state index in [0.717, 1.165) is 35.4 Å². The van der Waals surface area contributed by atoms with Crippen LogP contribution in [0, 0.1) is 12.8 Å². The molecule has 2 unspecified atom stereocenters. The number of hydrogen-bond donors (Lipinski definition) is 3. The van der Waals surface area contributed by atoms with E-state index in [4.69, 9.17) is 4.98 Å². The van der Waals surface area contributed by atoms with E-state index in [0.29, 0.717) is 27.2 Å². The number of hydrogen-bond acceptors (Lipinski definition) is 8. The van der Waals surface area contributed by atoms with Crippen LogP contribution in [0.15, 0.2) is 28.3 Å². The van der Waals surface area contributed by atoms with Crippen LogP contribution in [0.2, 0.25) is 0 Å². The average molecular weight is 434 g/mol. The fourth-order valence-corrected chi connectivity index (χ4v) is 5.01. The summed E-state index contributed by atoms with van der Waals surface area (Å²) in [7, 11) is 0. The van der Waals surface area contributed by atoms with Gasteiger partial charge in [-0.1, -0.05) is 49.9 Å². The van der Waals surface area contributed by atoms with Gasteiger partial charge in [0.2, 0.25) is 0 Å². The summed E-state index contributed by atoms with van der Waals surface area (Å²) in [6, 6.07) is 3.85. The average Bonchev–Trinajstić information content (AvgIpc) is 3.06. The smallest absolute Gasteiger partial charge is 0.306 e. The van der Waals surface area contributed by atoms with Gasteiger partial charge in [0, 0.05) is 6.20 Å². The first-order chi connectivity index (χ1) is 13.9. The largest absolute Gasteiger partial charge is 0.394 e. The van der Waals surface area contributed by atoms with Gasteiger partial charge in [-0.2, -0.15) is 0 Å². The fraction of sp³-hybridized carbons (Fsp3) is 0.500. The number of aryl methyl sites for hydroxylation is 1. The highest BCUT2D eigenvalue weighted by Gasteiger charge is 2.20. The Labute approximate surface area is 178 Å². The third-order valence-corrected chi connectivity index (χ3v) is 6.66. The van der Waals surface area contributed by atoms with E-state index in [1.807, 2.05) is 6.07 Å². The lowest BCUT2D eigenvalue weighted by atomic mass is 10.0. The predicted octanol–water partition coefficient (Wildman–Crippen LogP) is 4.15. The molecule has 29 heavy (non-hydrogen) atoms. The summed E-state index contributed by atoms with van der Waals surface area (Å²) in [6.45, 7) is 8.38. The SMILES string of the molecule is CCC(Sc1nc(NC(CO)CC(C)C)c2sc(=O)[nH]c2n1)c1ncccc1C. The maximum Gasteiger partial charge on any atom is 0.306 e. The molecule has 3 heterocycles. The summed E-state index contributed by atoms with van der Waals surface area (Å²) in [5.74, 6) is 1.01. The lowest BCUT2D eigenvalue weighted by Crippen LogP contribution is -2.26. The van der Waals surface area contributed by atoms with Gasteiger partial charge in [-0.25, -0.2) is 9.97 Å². The molecule has 0 amide bonds. The Bertz CT molecular complexity index is 1020. The van der Waals surface area contributed by atoms with Crippen molar-refractivity contribution in [3.63, 3.8) is 0 Å². The number of pyridine rings is 1. The molecule has 0 fully saturated rings. The Kier molecular flexibility index (Phi) is 7.26. The van der Waals surface area contributed by atoms with Crippen molar-refractivity contribution in [2.24, 2.45) is 5.92 Å². The highest BCUT2D eigenvalue weighted by atomic mass is 32.2. The van der Waals surface area contributed by atoms with Crippen LogP contribution in [0.1, 0.15) is 50.1 Å². The van der Waals surface area contributed by atoms with Crippen molar-refractivity contribution >= 4 is 39.3 Å². The maximum absolute atomic E-state index is 11.9. The third kappa shape index (κ3) is 5.34. The highest BCUT2D eigenvalue weighted by molar-refractivity contribution is 7.99. The number of thiazole rings is 1. The summed E-state index contributed by atoms with van der Waals surface area (Å²) in [6.07, 6.45) is 3.48. The second-order valence-electron chi connectivity index (χ2n) is 7.42. The first-order valence-electron chi connectivity index (χ1n) is 9.77. The number of aliphatic hydroxyl groups excluding tert-OH is 1. The molecule has 3 rings (SSSR count). The maximum atomic E-state index is 11.9. The van der Waals surface area contributed by atoms with Crippen LogP contribution in [0.3, 0.4) is 0 Å². The van der Waals surface area contributed by atoms with Crippen LogP contribution >= 0.6 is 23.1 Å². The normalized spacial score (nSPS) is 13.7. The minimum absolute atomic E-state index is 0.00378. The van der Waals surface area contributed by atoms with Crippen molar-refractivity contribution in [2.75, 3.05) is 11.9 Å². The molecular weight excluding hydrogens is 406 g/mol. The molecule has 3 aromatic heterocycles. The molecule has 2 atom stereocenters. The molecule has 0 aliphatic carbocycles. The second-order valence-corrected chi connectivity index (χ2v) is 9.57. The number of aromatic nitrogens is 4. The molecule has 0 saturated heterocycles. The zero-order valence-electron chi connectivity index (χ0n) is 17.1. The number of anilines is 1.